The van der Waals surface area contributed by atoms with E-state index in [2.05, 4.69) is 0 Å². The largest absolute Gasteiger partial charge is 4.00 e. The number of hydrogen-bond donors (Lipinski definition) is 2. The maximum atomic E-state index is 5.43. The van der Waals surface area contributed by atoms with E-state index in [1.807, 2.05) is 24.3 Å². The van der Waals surface area contributed by atoms with Crippen LogP contribution in [-0.2, 0) is 13.1 Å². The number of benzene rings is 1. The van der Waals surface area contributed by atoms with Crippen molar-refractivity contribution in [3.63, 3.8) is 0 Å². The van der Waals surface area contributed by atoms with Gasteiger partial charge in [-0.3, -0.25) is 0 Å². The monoisotopic (exact) mass is 330 g/mol. The maximum Gasteiger partial charge on any atom is 4.00 e. The van der Waals surface area contributed by atoms with E-state index < -0.39 is 0 Å². The van der Waals surface area contributed by atoms with Crippen LogP contribution in [0.1, 0.15) is 11.1 Å². The summed E-state index contributed by atoms with van der Waals surface area (Å²) in [5.74, 6) is 0. The molecule has 2 nitrogen and oxygen atoms in total. The van der Waals surface area contributed by atoms with Crippen molar-refractivity contribution in [2.24, 2.45) is 11.5 Å². The Bertz CT molecular complexity index is 199. The Kier molecular flexibility index (Phi) is 10.1. The quantitative estimate of drug-likeness (QED) is 0.742. The molecule has 4 heteroatoms. The molecule has 2 radical (unpaired) electrons. The molecular formula is C8H12GeN2Sn+6. The molecule has 1 aromatic rings. The third-order valence-corrected chi connectivity index (χ3v) is 1.46. The van der Waals surface area contributed by atoms with Crippen molar-refractivity contribution in [2.45, 2.75) is 13.1 Å². The minimum atomic E-state index is 0. The van der Waals surface area contributed by atoms with Gasteiger partial charge >= 0.3 is 41.5 Å². The second-order valence-corrected chi connectivity index (χ2v) is 2.23. The maximum absolute atomic E-state index is 5.43. The normalized spacial score (nSPS) is 8.17. The van der Waals surface area contributed by atoms with Crippen molar-refractivity contribution in [1.82, 2.24) is 0 Å². The summed E-state index contributed by atoms with van der Waals surface area (Å²) in [6.07, 6.45) is 0. The standard InChI is InChI=1S/C8H12N2.Ge.Sn/c9-5-7-2-1-3-8(4-7)6-10;;/h1-4H,5-6,9-10H2;;/q;+2;+4. The fraction of sp³-hybridized carbons (Fsp3) is 0.250. The van der Waals surface area contributed by atoms with Gasteiger partial charge in [-0.1, -0.05) is 24.3 Å². The Morgan fingerprint density at radius 2 is 1.42 bits per heavy atom. The van der Waals surface area contributed by atoms with E-state index in [1.54, 1.807) is 0 Å². The van der Waals surface area contributed by atoms with E-state index in [0.717, 1.165) is 11.1 Å². The molecule has 0 atom stereocenters. The van der Waals surface area contributed by atoms with Crippen molar-refractivity contribution in [2.75, 3.05) is 0 Å². The van der Waals surface area contributed by atoms with Crippen molar-refractivity contribution in [1.29, 1.82) is 0 Å². The van der Waals surface area contributed by atoms with Crippen molar-refractivity contribution < 1.29 is 0 Å². The zero-order chi connectivity index (χ0) is 7.40. The zero-order valence-electron chi connectivity index (χ0n) is 6.88. The van der Waals surface area contributed by atoms with Gasteiger partial charge in [0.05, 0.1) is 0 Å². The summed E-state index contributed by atoms with van der Waals surface area (Å²) < 4.78 is 0. The molecule has 0 aliphatic heterocycles. The third kappa shape index (κ3) is 4.49. The molecule has 0 bridgehead atoms. The van der Waals surface area contributed by atoms with Gasteiger partial charge in [0.25, 0.3) is 0 Å². The van der Waals surface area contributed by atoms with Crippen molar-refractivity contribution in [3.05, 3.63) is 35.4 Å². The van der Waals surface area contributed by atoms with E-state index in [-0.39, 0.29) is 41.5 Å². The minimum Gasteiger partial charge on any atom is -0.326 e. The summed E-state index contributed by atoms with van der Waals surface area (Å²) in [4.78, 5) is 0. The first-order valence-electron chi connectivity index (χ1n) is 3.34. The molecule has 0 saturated heterocycles. The van der Waals surface area contributed by atoms with Gasteiger partial charge in [0.2, 0.25) is 0 Å². The SMILES string of the molecule is NCc1cccc(CN)c1.[Ge+2].[Sn+4]. The van der Waals surface area contributed by atoms with Crippen LogP contribution in [0.4, 0.5) is 0 Å². The summed E-state index contributed by atoms with van der Waals surface area (Å²) in [5, 5.41) is 0. The molecule has 0 unspecified atom stereocenters. The van der Waals surface area contributed by atoms with E-state index >= 15 is 0 Å². The predicted octanol–water partition coefficient (Wildman–Crippen LogP) is -0.158. The smallest absolute Gasteiger partial charge is 0.326 e. The molecule has 0 spiro atoms. The average molecular weight is 328 g/mol. The van der Waals surface area contributed by atoms with Gasteiger partial charge in [-0.05, 0) is 11.1 Å². The Morgan fingerprint density at radius 3 is 1.75 bits per heavy atom. The molecular weight excluding hydrogens is 315 g/mol. The molecule has 0 aliphatic carbocycles. The van der Waals surface area contributed by atoms with Crippen molar-refractivity contribution >= 4 is 41.5 Å². The summed E-state index contributed by atoms with van der Waals surface area (Å²) in [7, 11) is 0. The summed E-state index contributed by atoms with van der Waals surface area (Å²) >= 11 is 0. The molecule has 56 valence electrons. The van der Waals surface area contributed by atoms with Gasteiger partial charge in [0.15, 0.2) is 0 Å². The average Bonchev–Trinajstić information content (AvgIpc) is 2.05. The first-order chi connectivity index (χ1) is 4.86. The van der Waals surface area contributed by atoms with E-state index in [1.165, 1.54) is 0 Å². The van der Waals surface area contributed by atoms with Crippen molar-refractivity contribution in [3.8, 4) is 0 Å². The van der Waals surface area contributed by atoms with E-state index in [9.17, 15) is 0 Å². The first kappa shape index (κ1) is 15.0. The van der Waals surface area contributed by atoms with Crippen LogP contribution in [0.5, 0.6) is 0 Å². The number of rotatable bonds is 2. The zero-order valence-corrected chi connectivity index (χ0v) is 11.8. The molecule has 4 N–H and O–H groups in total. The van der Waals surface area contributed by atoms with Gasteiger partial charge in [-0.15, -0.1) is 0 Å². The van der Waals surface area contributed by atoms with Crippen LogP contribution >= 0.6 is 0 Å². The Morgan fingerprint density at radius 1 is 1.00 bits per heavy atom. The van der Waals surface area contributed by atoms with Crippen LogP contribution in [0, 0.1) is 0 Å². The third-order valence-electron chi connectivity index (χ3n) is 1.46. The fourth-order valence-corrected chi connectivity index (χ4v) is 0.884. The second kappa shape index (κ2) is 8.10. The predicted molar refractivity (Wildman–Crippen MR) is 53.7 cm³/mol. The minimum absolute atomic E-state index is 0. The molecule has 12 heavy (non-hydrogen) atoms. The first-order valence-corrected chi connectivity index (χ1v) is 3.34. The van der Waals surface area contributed by atoms with Gasteiger partial charge < -0.3 is 11.5 Å². The molecule has 0 aliphatic rings. The molecule has 1 aromatic carbocycles. The van der Waals surface area contributed by atoms with Crippen LogP contribution in [0.2, 0.25) is 0 Å². The Hall–Kier alpha value is 0.482. The number of nitrogens with two attached hydrogens (primary N) is 2. The molecule has 0 saturated carbocycles. The van der Waals surface area contributed by atoms with E-state index in [0.29, 0.717) is 13.1 Å². The van der Waals surface area contributed by atoms with Crippen LogP contribution in [0.15, 0.2) is 24.3 Å². The van der Waals surface area contributed by atoms with Crippen LogP contribution < -0.4 is 11.5 Å². The van der Waals surface area contributed by atoms with Gasteiger partial charge in [0, 0.05) is 13.1 Å². The fourth-order valence-electron chi connectivity index (χ4n) is 0.884. The van der Waals surface area contributed by atoms with Gasteiger partial charge in [0.1, 0.15) is 0 Å². The second-order valence-electron chi connectivity index (χ2n) is 2.23. The summed E-state index contributed by atoms with van der Waals surface area (Å²) in [5.41, 5.74) is 13.1. The molecule has 0 fully saturated rings. The summed E-state index contributed by atoms with van der Waals surface area (Å²) in [6, 6.07) is 8.00. The molecule has 0 aromatic heterocycles. The molecule has 0 amide bonds. The van der Waals surface area contributed by atoms with Gasteiger partial charge in [-0.25, -0.2) is 0 Å². The van der Waals surface area contributed by atoms with Crippen LogP contribution in [0.25, 0.3) is 0 Å². The van der Waals surface area contributed by atoms with Gasteiger partial charge in [-0.2, -0.15) is 0 Å². The summed E-state index contributed by atoms with van der Waals surface area (Å²) in [6.45, 7) is 1.18. The van der Waals surface area contributed by atoms with E-state index in [4.69, 9.17) is 11.5 Å². The van der Waals surface area contributed by atoms with Crippen LogP contribution in [0.3, 0.4) is 0 Å². The molecule has 1 rings (SSSR count). The molecule has 0 heterocycles. The number of hydrogen-bond acceptors (Lipinski definition) is 2. The Balaban J connectivity index is 0. The van der Waals surface area contributed by atoms with Crippen LogP contribution in [-0.4, -0.2) is 41.5 Å². The topological polar surface area (TPSA) is 52.0 Å². The Labute approximate surface area is 101 Å².